The minimum Gasteiger partial charge on any atom is -0.368 e. The van der Waals surface area contributed by atoms with Gasteiger partial charge in [-0.2, -0.15) is 5.10 Å². The lowest BCUT2D eigenvalue weighted by Gasteiger charge is -2.22. The first-order valence-electron chi connectivity index (χ1n) is 5.17. The Labute approximate surface area is 84.1 Å². The van der Waals surface area contributed by atoms with Gasteiger partial charge in [-0.1, -0.05) is 0 Å². The first-order valence-corrected chi connectivity index (χ1v) is 5.17. The predicted octanol–water partition coefficient (Wildman–Crippen LogP) is 0.888. The molecule has 1 saturated heterocycles. The lowest BCUT2D eigenvalue weighted by atomic mass is 9.98. The molecule has 0 saturated carbocycles. The zero-order chi connectivity index (χ0) is 9.64. The van der Waals surface area contributed by atoms with E-state index in [0.717, 1.165) is 31.4 Å². The fourth-order valence-corrected chi connectivity index (χ4v) is 1.73. The van der Waals surface area contributed by atoms with Crippen molar-refractivity contribution in [2.24, 2.45) is 5.92 Å². The van der Waals surface area contributed by atoms with E-state index in [2.05, 4.69) is 20.8 Å². The Kier molecular flexibility index (Phi) is 3.29. The second-order valence-electron chi connectivity index (χ2n) is 3.68. The summed E-state index contributed by atoms with van der Waals surface area (Å²) < 4.78 is 0. The van der Waals surface area contributed by atoms with Gasteiger partial charge in [0.25, 0.3) is 0 Å². The molecule has 0 bridgehead atoms. The molecule has 1 aliphatic rings. The van der Waals surface area contributed by atoms with Gasteiger partial charge in [0.2, 0.25) is 0 Å². The highest BCUT2D eigenvalue weighted by Gasteiger charge is 2.12. The number of hydrogen-bond acceptors (Lipinski definition) is 4. The summed E-state index contributed by atoms with van der Waals surface area (Å²) in [5, 5.41) is 14.5. The molecule has 1 aliphatic heterocycles. The van der Waals surface area contributed by atoms with Crippen molar-refractivity contribution in [3.8, 4) is 0 Å². The van der Waals surface area contributed by atoms with Crippen LogP contribution in [0.1, 0.15) is 12.8 Å². The number of hydrogen-bond donors (Lipinski definition) is 2. The van der Waals surface area contributed by atoms with Crippen LogP contribution in [0.2, 0.25) is 0 Å². The first kappa shape index (κ1) is 9.40. The zero-order valence-electron chi connectivity index (χ0n) is 8.24. The third-order valence-corrected chi connectivity index (χ3v) is 2.60. The van der Waals surface area contributed by atoms with Crippen LogP contribution in [-0.4, -0.2) is 29.8 Å². The maximum absolute atomic E-state index is 3.99. The Balaban J connectivity index is 1.76. The number of aromatic nitrogens is 2. The molecule has 2 rings (SSSR count). The van der Waals surface area contributed by atoms with Crippen molar-refractivity contribution in [1.29, 1.82) is 0 Å². The van der Waals surface area contributed by atoms with Gasteiger partial charge in [0, 0.05) is 12.7 Å². The van der Waals surface area contributed by atoms with E-state index in [1.807, 2.05) is 12.1 Å². The van der Waals surface area contributed by atoms with Crippen molar-refractivity contribution in [3.63, 3.8) is 0 Å². The molecular weight excluding hydrogens is 176 g/mol. The summed E-state index contributed by atoms with van der Waals surface area (Å²) in [7, 11) is 0. The van der Waals surface area contributed by atoms with Crippen molar-refractivity contribution in [3.05, 3.63) is 18.3 Å². The molecule has 1 fully saturated rings. The van der Waals surface area contributed by atoms with Gasteiger partial charge in [-0.15, -0.1) is 5.10 Å². The van der Waals surface area contributed by atoms with Gasteiger partial charge in [-0.25, -0.2) is 0 Å². The van der Waals surface area contributed by atoms with Crippen LogP contribution in [-0.2, 0) is 0 Å². The molecule has 0 aliphatic carbocycles. The van der Waals surface area contributed by atoms with Gasteiger partial charge in [0.15, 0.2) is 0 Å². The van der Waals surface area contributed by atoms with Crippen LogP contribution in [0.3, 0.4) is 0 Å². The molecule has 1 aromatic rings. The number of piperidine rings is 1. The smallest absolute Gasteiger partial charge is 0.148 e. The maximum atomic E-state index is 3.99. The van der Waals surface area contributed by atoms with Crippen LogP contribution in [0.4, 0.5) is 5.82 Å². The Bertz CT molecular complexity index is 256. The largest absolute Gasteiger partial charge is 0.368 e. The molecule has 0 radical (unpaired) electrons. The Morgan fingerprint density at radius 3 is 3.00 bits per heavy atom. The fourth-order valence-electron chi connectivity index (χ4n) is 1.73. The molecule has 0 spiro atoms. The van der Waals surface area contributed by atoms with Crippen LogP contribution < -0.4 is 10.6 Å². The van der Waals surface area contributed by atoms with E-state index in [0.29, 0.717) is 0 Å². The second kappa shape index (κ2) is 4.91. The lowest BCUT2D eigenvalue weighted by Crippen LogP contribution is -2.31. The van der Waals surface area contributed by atoms with Gasteiger partial charge in [-0.05, 0) is 44.0 Å². The highest BCUT2D eigenvalue weighted by molar-refractivity contribution is 5.31. The highest BCUT2D eigenvalue weighted by atomic mass is 15.2. The molecule has 2 heterocycles. The molecule has 0 atom stereocenters. The summed E-state index contributed by atoms with van der Waals surface area (Å²) in [6, 6.07) is 3.85. The average molecular weight is 192 g/mol. The van der Waals surface area contributed by atoms with Gasteiger partial charge >= 0.3 is 0 Å². The third kappa shape index (κ3) is 2.67. The van der Waals surface area contributed by atoms with Crippen LogP contribution in [0, 0.1) is 5.92 Å². The number of rotatable bonds is 3. The minimum absolute atomic E-state index is 0.776. The van der Waals surface area contributed by atoms with Gasteiger partial charge in [0.05, 0.1) is 0 Å². The van der Waals surface area contributed by atoms with E-state index in [9.17, 15) is 0 Å². The quantitative estimate of drug-likeness (QED) is 0.746. The summed E-state index contributed by atoms with van der Waals surface area (Å²) in [6.45, 7) is 3.31. The third-order valence-electron chi connectivity index (χ3n) is 2.60. The molecule has 0 amide bonds. The van der Waals surface area contributed by atoms with E-state index >= 15 is 0 Å². The average Bonchev–Trinajstić information content (AvgIpc) is 2.29. The first-order chi connectivity index (χ1) is 6.95. The van der Waals surface area contributed by atoms with Crippen molar-refractivity contribution in [2.45, 2.75) is 12.8 Å². The molecule has 4 heteroatoms. The van der Waals surface area contributed by atoms with Gasteiger partial charge in [0.1, 0.15) is 5.82 Å². The standard InChI is InChI=1S/C10H16N4/c1-2-10(14-13-5-1)12-8-9-3-6-11-7-4-9/h1-2,5,9,11H,3-4,6-8H2,(H,12,14). The zero-order valence-corrected chi connectivity index (χ0v) is 8.24. The van der Waals surface area contributed by atoms with E-state index in [4.69, 9.17) is 0 Å². The summed E-state index contributed by atoms with van der Waals surface area (Å²) in [5.41, 5.74) is 0. The van der Waals surface area contributed by atoms with E-state index in [1.54, 1.807) is 6.20 Å². The number of anilines is 1. The SMILES string of the molecule is c1cnnc(NCC2CCNCC2)c1. The molecular formula is C10H16N4. The maximum Gasteiger partial charge on any atom is 0.148 e. The van der Waals surface area contributed by atoms with Gasteiger partial charge < -0.3 is 10.6 Å². The topological polar surface area (TPSA) is 49.8 Å². The summed E-state index contributed by atoms with van der Waals surface area (Å²) in [6.07, 6.45) is 4.20. The van der Waals surface area contributed by atoms with Crippen LogP contribution in [0.5, 0.6) is 0 Å². The predicted molar refractivity (Wildman–Crippen MR) is 56.1 cm³/mol. The monoisotopic (exact) mass is 192 g/mol. The normalized spacial score (nSPS) is 18.0. The van der Waals surface area contributed by atoms with Crippen molar-refractivity contribution < 1.29 is 0 Å². The molecule has 76 valence electrons. The Hall–Kier alpha value is -1.16. The fraction of sp³-hybridized carbons (Fsp3) is 0.600. The summed E-state index contributed by atoms with van der Waals surface area (Å²) >= 11 is 0. The summed E-state index contributed by atoms with van der Waals surface area (Å²) in [4.78, 5) is 0. The molecule has 4 nitrogen and oxygen atoms in total. The van der Waals surface area contributed by atoms with Gasteiger partial charge in [-0.3, -0.25) is 0 Å². The van der Waals surface area contributed by atoms with Crippen molar-refractivity contribution >= 4 is 5.82 Å². The van der Waals surface area contributed by atoms with Crippen LogP contribution in [0.15, 0.2) is 18.3 Å². The summed E-state index contributed by atoms with van der Waals surface area (Å²) in [5.74, 6) is 1.66. The lowest BCUT2D eigenvalue weighted by molar-refractivity contribution is 0.389. The number of nitrogens with zero attached hydrogens (tertiary/aromatic N) is 2. The molecule has 1 aromatic heterocycles. The van der Waals surface area contributed by atoms with Crippen LogP contribution >= 0.6 is 0 Å². The molecule has 0 unspecified atom stereocenters. The second-order valence-corrected chi connectivity index (χ2v) is 3.68. The van der Waals surface area contributed by atoms with Crippen molar-refractivity contribution in [2.75, 3.05) is 25.0 Å². The van der Waals surface area contributed by atoms with E-state index < -0.39 is 0 Å². The van der Waals surface area contributed by atoms with Crippen molar-refractivity contribution in [1.82, 2.24) is 15.5 Å². The van der Waals surface area contributed by atoms with Crippen LogP contribution in [0.25, 0.3) is 0 Å². The Morgan fingerprint density at radius 1 is 1.43 bits per heavy atom. The molecule has 14 heavy (non-hydrogen) atoms. The van der Waals surface area contributed by atoms with E-state index in [1.165, 1.54) is 12.8 Å². The molecule has 0 aromatic carbocycles. The number of nitrogens with one attached hydrogen (secondary N) is 2. The highest BCUT2D eigenvalue weighted by Crippen LogP contribution is 2.12. The minimum atomic E-state index is 0.776. The molecule has 2 N–H and O–H groups in total. The Morgan fingerprint density at radius 2 is 2.29 bits per heavy atom. The van der Waals surface area contributed by atoms with E-state index in [-0.39, 0.29) is 0 Å².